The largest absolute Gasteiger partial charge is 0.462 e. The zero-order valence-corrected chi connectivity index (χ0v) is 21.1. The van der Waals surface area contributed by atoms with E-state index in [1.165, 1.54) is 0 Å². The highest BCUT2D eigenvalue weighted by molar-refractivity contribution is 7.80. The van der Waals surface area contributed by atoms with Gasteiger partial charge in [0.25, 0.3) is 5.91 Å². The smallest absolute Gasteiger partial charge is 0.338 e. The fourth-order valence-corrected chi connectivity index (χ4v) is 4.25. The van der Waals surface area contributed by atoms with Gasteiger partial charge < -0.3 is 20.3 Å². The fraction of sp³-hybridized carbons (Fsp3) is 0.250. The molecule has 3 aromatic rings. The molecule has 0 fully saturated rings. The molecule has 3 aromatic carbocycles. The van der Waals surface area contributed by atoms with Gasteiger partial charge in [0.05, 0.1) is 18.2 Å². The minimum atomic E-state index is -0.490. The molecule has 1 aliphatic heterocycles. The van der Waals surface area contributed by atoms with Crippen LogP contribution in [0.4, 0.5) is 5.69 Å². The Balaban J connectivity index is 1.61. The topological polar surface area (TPSA) is 70.7 Å². The van der Waals surface area contributed by atoms with Crippen molar-refractivity contribution in [3.8, 4) is 0 Å². The predicted molar refractivity (Wildman–Crippen MR) is 143 cm³/mol. The number of hydrogen-bond acceptors (Lipinski definition) is 4. The van der Waals surface area contributed by atoms with Crippen LogP contribution in [0.3, 0.4) is 0 Å². The Bertz CT molecular complexity index is 1330. The van der Waals surface area contributed by atoms with Crippen LogP contribution >= 0.6 is 12.2 Å². The van der Waals surface area contributed by atoms with Crippen molar-refractivity contribution in [2.45, 2.75) is 26.8 Å². The number of benzene rings is 3. The number of amides is 1. The van der Waals surface area contributed by atoms with Crippen LogP contribution in [0.2, 0.25) is 0 Å². The zero-order valence-electron chi connectivity index (χ0n) is 20.3. The Kier molecular flexibility index (Phi) is 7.17. The fourth-order valence-electron chi connectivity index (χ4n) is 4.00. The maximum absolute atomic E-state index is 13.0. The van der Waals surface area contributed by atoms with E-state index >= 15 is 0 Å². The second-order valence-electron chi connectivity index (χ2n) is 9.07. The molecule has 1 atom stereocenters. The van der Waals surface area contributed by atoms with Crippen molar-refractivity contribution >= 4 is 45.7 Å². The van der Waals surface area contributed by atoms with Crippen LogP contribution in [-0.4, -0.2) is 35.5 Å². The highest BCUT2D eigenvalue weighted by atomic mass is 32.1. The van der Waals surface area contributed by atoms with E-state index in [1.54, 1.807) is 4.90 Å². The molecule has 0 radical (unpaired) electrons. The van der Waals surface area contributed by atoms with Gasteiger partial charge in [-0.1, -0.05) is 56.3 Å². The van der Waals surface area contributed by atoms with Crippen molar-refractivity contribution in [2.75, 3.05) is 19.0 Å². The number of anilines is 1. The lowest BCUT2D eigenvalue weighted by molar-refractivity contribution is -0.140. The van der Waals surface area contributed by atoms with Gasteiger partial charge in [0.2, 0.25) is 0 Å². The van der Waals surface area contributed by atoms with Crippen LogP contribution in [-0.2, 0) is 9.53 Å². The number of nitrogens with zero attached hydrogens (tertiary/aromatic N) is 1. The minimum Gasteiger partial charge on any atom is -0.462 e. The van der Waals surface area contributed by atoms with E-state index in [1.807, 2.05) is 94.5 Å². The van der Waals surface area contributed by atoms with Crippen molar-refractivity contribution < 1.29 is 14.3 Å². The molecule has 0 bridgehead atoms. The molecule has 4 rings (SSSR count). The maximum atomic E-state index is 13.0. The molecule has 1 heterocycles. The van der Waals surface area contributed by atoms with Crippen molar-refractivity contribution in [2.24, 2.45) is 5.92 Å². The normalized spacial score (nSPS) is 15.9. The van der Waals surface area contributed by atoms with Crippen molar-refractivity contribution in [1.29, 1.82) is 0 Å². The molecule has 0 aromatic heterocycles. The summed E-state index contributed by atoms with van der Waals surface area (Å²) in [6.07, 6.45) is 0. The van der Waals surface area contributed by atoms with Gasteiger partial charge in [0.15, 0.2) is 5.11 Å². The first-order valence-corrected chi connectivity index (χ1v) is 12.0. The summed E-state index contributed by atoms with van der Waals surface area (Å²) in [6, 6.07) is 20.5. The van der Waals surface area contributed by atoms with E-state index in [4.69, 9.17) is 17.0 Å². The van der Waals surface area contributed by atoms with Crippen LogP contribution in [0.25, 0.3) is 10.8 Å². The average Bonchev–Trinajstić information content (AvgIpc) is 2.85. The summed E-state index contributed by atoms with van der Waals surface area (Å²) in [5.41, 5.74) is 3.23. The number of rotatable bonds is 6. The summed E-state index contributed by atoms with van der Waals surface area (Å²) >= 11 is 5.49. The molecule has 0 saturated carbocycles. The summed E-state index contributed by atoms with van der Waals surface area (Å²) in [7, 11) is 1.82. The molecular formula is C28H29N3O3S. The van der Waals surface area contributed by atoms with Gasteiger partial charge in [-0.25, -0.2) is 4.79 Å². The van der Waals surface area contributed by atoms with Crippen molar-refractivity contribution in [3.63, 3.8) is 0 Å². The SMILES string of the molecule is CC1=C(C(=O)OCC(C)C)C(c2cccc(NC(=O)c3ccc4ccccc4c3)c2)NC(=S)N1C. The summed E-state index contributed by atoms with van der Waals surface area (Å²) in [5, 5.41) is 8.82. The Morgan fingerprint density at radius 2 is 1.80 bits per heavy atom. The predicted octanol–water partition coefficient (Wildman–Crippen LogP) is 5.43. The van der Waals surface area contributed by atoms with Gasteiger partial charge in [0.1, 0.15) is 0 Å². The molecule has 0 saturated heterocycles. The van der Waals surface area contributed by atoms with E-state index in [-0.39, 0.29) is 17.8 Å². The summed E-state index contributed by atoms with van der Waals surface area (Å²) in [5.74, 6) is -0.362. The quantitative estimate of drug-likeness (QED) is 0.357. The molecule has 6 nitrogen and oxygen atoms in total. The first kappa shape index (κ1) is 24.4. The molecule has 35 heavy (non-hydrogen) atoms. The number of carbonyl (C=O) groups is 2. The molecule has 1 unspecified atom stereocenters. The van der Waals surface area contributed by atoms with Crippen LogP contribution < -0.4 is 10.6 Å². The van der Waals surface area contributed by atoms with E-state index in [0.717, 1.165) is 22.0 Å². The van der Waals surface area contributed by atoms with Gasteiger partial charge in [-0.3, -0.25) is 4.79 Å². The van der Waals surface area contributed by atoms with Gasteiger partial charge in [0, 0.05) is 24.0 Å². The Labute approximate surface area is 211 Å². The molecular weight excluding hydrogens is 458 g/mol. The van der Waals surface area contributed by atoms with E-state index in [2.05, 4.69) is 10.6 Å². The Morgan fingerprint density at radius 3 is 2.54 bits per heavy atom. The molecule has 7 heteroatoms. The molecule has 0 aliphatic carbocycles. The number of thiocarbonyl (C=S) groups is 1. The summed E-state index contributed by atoms with van der Waals surface area (Å²) in [6.45, 7) is 6.18. The van der Waals surface area contributed by atoms with Gasteiger partial charge in [-0.15, -0.1) is 0 Å². The highest BCUT2D eigenvalue weighted by Crippen LogP contribution is 2.32. The number of ether oxygens (including phenoxy) is 1. The van der Waals surface area contributed by atoms with Gasteiger partial charge >= 0.3 is 5.97 Å². The van der Waals surface area contributed by atoms with Crippen molar-refractivity contribution in [3.05, 3.63) is 89.1 Å². The third kappa shape index (κ3) is 5.35. The standard InChI is InChI=1S/C28H29N3O3S/c1-17(2)16-34-27(33)24-18(3)31(4)28(35)30-25(24)21-10-7-11-23(15-21)29-26(32)22-13-12-19-8-5-6-9-20(19)14-22/h5-15,17,25H,16H2,1-4H3,(H,29,32)(H,30,35). The first-order valence-electron chi connectivity index (χ1n) is 11.6. The van der Waals surface area contributed by atoms with Crippen LogP contribution in [0, 0.1) is 5.92 Å². The first-order chi connectivity index (χ1) is 16.7. The van der Waals surface area contributed by atoms with Gasteiger partial charge in [-0.05, 0) is 65.7 Å². The Hall–Kier alpha value is -3.71. The molecule has 180 valence electrons. The monoisotopic (exact) mass is 487 g/mol. The minimum absolute atomic E-state index is 0.206. The summed E-state index contributed by atoms with van der Waals surface area (Å²) in [4.78, 5) is 27.8. The second kappa shape index (κ2) is 10.3. The third-order valence-electron chi connectivity index (χ3n) is 6.01. The number of carbonyl (C=O) groups excluding carboxylic acids is 2. The Morgan fingerprint density at radius 1 is 1.06 bits per heavy atom. The van der Waals surface area contributed by atoms with Crippen LogP contribution in [0.1, 0.15) is 42.7 Å². The molecule has 0 spiro atoms. The third-order valence-corrected chi connectivity index (χ3v) is 6.40. The maximum Gasteiger partial charge on any atom is 0.338 e. The van der Waals surface area contributed by atoms with E-state index in [9.17, 15) is 9.59 Å². The van der Waals surface area contributed by atoms with E-state index < -0.39 is 6.04 Å². The molecule has 2 N–H and O–H groups in total. The van der Waals surface area contributed by atoms with Crippen LogP contribution in [0.15, 0.2) is 78.0 Å². The number of allylic oxidation sites excluding steroid dienone is 1. The second-order valence-corrected chi connectivity index (χ2v) is 9.46. The molecule has 1 amide bonds. The summed E-state index contributed by atoms with van der Waals surface area (Å²) < 4.78 is 5.56. The lowest BCUT2D eigenvalue weighted by atomic mass is 9.94. The molecule has 1 aliphatic rings. The number of nitrogens with one attached hydrogen (secondary N) is 2. The zero-order chi connectivity index (χ0) is 25.1. The lowest BCUT2D eigenvalue weighted by Gasteiger charge is -2.35. The number of hydrogen-bond donors (Lipinski definition) is 2. The number of fused-ring (bicyclic) bond motifs is 1. The highest BCUT2D eigenvalue weighted by Gasteiger charge is 2.33. The van der Waals surface area contributed by atoms with E-state index in [0.29, 0.717) is 28.5 Å². The average molecular weight is 488 g/mol. The number of esters is 1. The van der Waals surface area contributed by atoms with Crippen LogP contribution in [0.5, 0.6) is 0 Å². The van der Waals surface area contributed by atoms with Crippen molar-refractivity contribution in [1.82, 2.24) is 10.2 Å². The lowest BCUT2D eigenvalue weighted by Crippen LogP contribution is -2.46. The van der Waals surface area contributed by atoms with Gasteiger partial charge in [-0.2, -0.15) is 0 Å².